The van der Waals surface area contributed by atoms with Gasteiger partial charge in [0, 0.05) is 0 Å². The molecule has 0 aromatic heterocycles. The predicted molar refractivity (Wildman–Crippen MR) is 83.8 cm³/mol. The van der Waals surface area contributed by atoms with Crippen LogP contribution < -0.4 is 0 Å². The first-order valence-corrected chi connectivity index (χ1v) is 8.47. The van der Waals surface area contributed by atoms with E-state index < -0.39 is 0 Å². The van der Waals surface area contributed by atoms with E-state index in [1.807, 2.05) is 0 Å². The van der Waals surface area contributed by atoms with Gasteiger partial charge in [0.05, 0.1) is 6.10 Å². The van der Waals surface area contributed by atoms with Gasteiger partial charge in [-0.15, -0.1) is 0 Å². The minimum absolute atomic E-state index is 0.00449. The third kappa shape index (κ3) is 3.25. The van der Waals surface area contributed by atoms with E-state index in [-0.39, 0.29) is 6.10 Å². The molecule has 0 spiro atoms. The second-order valence-corrected chi connectivity index (χ2v) is 7.09. The van der Waals surface area contributed by atoms with E-state index in [0.29, 0.717) is 0 Å². The highest BCUT2D eigenvalue weighted by atomic mass is 16.3. The van der Waals surface area contributed by atoms with Crippen molar-refractivity contribution in [2.45, 2.75) is 70.3 Å². The van der Waals surface area contributed by atoms with Crippen molar-refractivity contribution in [3.8, 4) is 0 Å². The second kappa shape index (κ2) is 6.30. The summed E-state index contributed by atoms with van der Waals surface area (Å²) < 4.78 is 0. The Labute approximate surface area is 123 Å². The molecule has 2 aliphatic rings. The van der Waals surface area contributed by atoms with Gasteiger partial charge in [-0.1, -0.05) is 29.8 Å². The summed E-state index contributed by atoms with van der Waals surface area (Å²) in [7, 11) is 0. The topological polar surface area (TPSA) is 20.2 Å². The predicted octanol–water partition coefficient (Wildman–Crippen LogP) is 4.82. The van der Waals surface area contributed by atoms with Crippen LogP contribution in [0.25, 0.3) is 0 Å². The summed E-state index contributed by atoms with van der Waals surface area (Å²) in [5.74, 6) is 2.63. The highest BCUT2D eigenvalue weighted by Gasteiger charge is 2.30. The molecular weight excluding hydrogens is 244 g/mol. The maximum Gasteiger partial charge on any atom is 0.0540 e. The van der Waals surface area contributed by atoms with Crippen LogP contribution in [-0.4, -0.2) is 11.2 Å². The molecule has 1 N–H and O–H groups in total. The quantitative estimate of drug-likeness (QED) is 0.818. The second-order valence-electron chi connectivity index (χ2n) is 7.09. The van der Waals surface area contributed by atoms with Gasteiger partial charge in [-0.2, -0.15) is 0 Å². The van der Waals surface area contributed by atoms with Gasteiger partial charge in [0.1, 0.15) is 0 Å². The van der Waals surface area contributed by atoms with E-state index in [4.69, 9.17) is 0 Å². The maximum atomic E-state index is 9.64. The Hall–Kier alpha value is -0.820. The van der Waals surface area contributed by atoms with Crippen molar-refractivity contribution in [1.29, 1.82) is 0 Å². The molecule has 0 atom stereocenters. The molecule has 1 aromatic rings. The zero-order valence-electron chi connectivity index (χ0n) is 12.7. The van der Waals surface area contributed by atoms with E-state index in [2.05, 4.69) is 31.2 Å². The van der Waals surface area contributed by atoms with Crippen LogP contribution in [0.15, 0.2) is 24.3 Å². The van der Waals surface area contributed by atoms with Crippen LogP contribution in [0.2, 0.25) is 0 Å². The fourth-order valence-corrected chi connectivity index (χ4v) is 4.34. The fraction of sp³-hybridized carbons (Fsp3) is 0.684. The molecule has 0 aliphatic heterocycles. The minimum Gasteiger partial charge on any atom is -0.393 e. The average molecular weight is 272 g/mol. The number of hydrogen-bond donors (Lipinski definition) is 1. The minimum atomic E-state index is -0.00449. The summed E-state index contributed by atoms with van der Waals surface area (Å²) in [5, 5.41) is 9.64. The van der Waals surface area contributed by atoms with Gasteiger partial charge in [0.2, 0.25) is 0 Å². The maximum absolute atomic E-state index is 9.64. The normalized spacial score (nSPS) is 34.9. The molecule has 0 amide bonds. The molecule has 0 bridgehead atoms. The first kappa shape index (κ1) is 14.1. The van der Waals surface area contributed by atoms with Crippen molar-refractivity contribution in [1.82, 2.24) is 0 Å². The molecule has 2 fully saturated rings. The third-order valence-corrected chi connectivity index (χ3v) is 5.73. The molecule has 3 rings (SSSR count). The lowest BCUT2D eigenvalue weighted by molar-refractivity contribution is 0.0805. The number of rotatable bonds is 2. The molecule has 2 saturated carbocycles. The Morgan fingerprint density at radius 2 is 1.25 bits per heavy atom. The van der Waals surface area contributed by atoms with Gasteiger partial charge in [-0.3, -0.25) is 0 Å². The lowest BCUT2D eigenvalue weighted by Crippen LogP contribution is -2.26. The number of aliphatic hydroxyl groups excluding tert-OH is 1. The van der Waals surface area contributed by atoms with E-state index in [1.165, 1.54) is 44.1 Å². The van der Waals surface area contributed by atoms with Crippen molar-refractivity contribution in [2.24, 2.45) is 11.8 Å². The van der Waals surface area contributed by atoms with Crippen LogP contribution >= 0.6 is 0 Å². The lowest BCUT2D eigenvalue weighted by atomic mass is 9.69. The zero-order chi connectivity index (χ0) is 13.9. The van der Waals surface area contributed by atoms with Crippen LogP contribution in [-0.2, 0) is 0 Å². The Kier molecular flexibility index (Phi) is 4.45. The summed E-state index contributed by atoms with van der Waals surface area (Å²) in [5.41, 5.74) is 2.91. The molecular formula is C19H28O. The fourth-order valence-electron chi connectivity index (χ4n) is 4.34. The van der Waals surface area contributed by atoms with E-state index in [1.54, 1.807) is 5.56 Å². The summed E-state index contributed by atoms with van der Waals surface area (Å²) in [6, 6.07) is 9.17. The van der Waals surface area contributed by atoms with Gasteiger partial charge < -0.3 is 5.11 Å². The molecule has 20 heavy (non-hydrogen) atoms. The lowest BCUT2D eigenvalue weighted by Gasteiger charge is -2.37. The van der Waals surface area contributed by atoms with Crippen LogP contribution in [0.3, 0.4) is 0 Å². The molecule has 0 radical (unpaired) electrons. The zero-order valence-corrected chi connectivity index (χ0v) is 12.7. The Balaban J connectivity index is 1.53. The Bertz CT molecular complexity index is 406. The van der Waals surface area contributed by atoms with Crippen LogP contribution in [0, 0.1) is 18.8 Å². The Morgan fingerprint density at radius 3 is 1.80 bits per heavy atom. The van der Waals surface area contributed by atoms with Crippen molar-refractivity contribution < 1.29 is 5.11 Å². The summed E-state index contributed by atoms with van der Waals surface area (Å²) in [6.07, 6.45) is 10.2. The van der Waals surface area contributed by atoms with Gasteiger partial charge in [0.25, 0.3) is 0 Å². The first-order chi connectivity index (χ1) is 9.72. The monoisotopic (exact) mass is 272 g/mol. The van der Waals surface area contributed by atoms with Crippen molar-refractivity contribution in [3.63, 3.8) is 0 Å². The van der Waals surface area contributed by atoms with Crippen molar-refractivity contribution in [2.75, 3.05) is 0 Å². The number of hydrogen-bond acceptors (Lipinski definition) is 1. The average Bonchev–Trinajstić information content (AvgIpc) is 2.49. The van der Waals surface area contributed by atoms with Crippen molar-refractivity contribution in [3.05, 3.63) is 35.4 Å². The van der Waals surface area contributed by atoms with Gasteiger partial charge >= 0.3 is 0 Å². The van der Waals surface area contributed by atoms with Crippen LogP contribution in [0.4, 0.5) is 0 Å². The third-order valence-electron chi connectivity index (χ3n) is 5.73. The van der Waals surface area contributed by atoms with Crippen molar-refractivity contribution >= 4 is 0 Å². The van der Waals surface area contributed by atoms with E-state index in [9.17, 15) is 5.11 Å². The molecule has 0 heterocycles. The highest BCUT2D eigenvalue weighted by Crippen LogP contribution is 2.42. The first-order valence-electron chi connectivity index (χ1n) is 8.47. The molecule has 1 heteroatoms. The number of benzene rings is 1. The molecule has 0 unspecified atom stereocenters. The summed E-state index contributed by atoms with van der Waals surface area (Å²) >= 11 is 0. The van der Waals surface area contributed by atoms with Gasteiger partial charge in [-0.25, -0.2) is 0 Å². The number of aliphatic hydroxyl groups is 1. The van der Waals surface area contributed by atoms with Gasteiger partial charge in [0.15, 0.2) is 0 Å². The summed E-state index contributed by atoms with van der Waals surface area (Å²) in [6.45, 7) is 2.16. The van der Waals surface area contributed by atoms with Crippen LogP contribution in [0.5, 0.6) is 0 Å². The highest BCUT2D eigenvalue weighted by molar-refractivity contribution is 5.24. The molecule has 0 saturated heterocycles. The Morgan fingerprint density at radius 1 is 0.750 bits per heavy atom. The molecule has 1 nitrogen and oxygen atoms in total. The molecule has 1 aromatic carbocycles. The van der Waals surface area contributed by atoms with Crippen LogP contribution in [0.1, 0.15) is 68.4 Å². The summed E-state index contributed by atoms with van der Waals surface area (Å²) in [4.78, 5) is 0. The largest absolute Gasteiger partial charge is 0.393 e. The molecule has 2 aliphatic carbocycles. The van der Waals surface area contributed by atoms with E-state index >= 15 is 0 Å². The standard InChI is InChI=1S/C19H28O/c1-14-2-4-15(5-3-14)16-6-8-17(9-7-16)18-10-12-19(20)13-11-18/h2-5,16-20H,6-13H2,1H3. The van der Waals surface area contributed by atoms with Gasteiger partial charge in [-0.05, 0) is 81.6 Å². The SMILES string of the molecule is Cc1ccc(C2CCC(C3CCC(O)CC3)CC2)cc1. The van der Waals surface area contributed by atoms with E-state index in [0.717, 1.165) is 30.6 Å². The smallest absolute Gasteiger partial charge is 0.0540 e. The number of aryl methyl sites for hydroxylation is 1. The molecule has 110 valence electrons.